The molecule has 2 amide bonds. The van der Waals surface area contributed by atoms with Gasteiger partial charge in [0.1, 0.15) is 0 Å². The maximum absolute atomic E-state index is 12.6. The topological polar surface area (TPSA) is 62.3 Å². The molecule has 2 aromatic rings. The Balaban J connectivity index is 1.46. The van der Waals surface area contributed by atoms with Gasteiger partial charge in [0.15, 0.2) is 0 Å². The van der Waals surface area contributed by atoms with E-state index in [1.165, 1.54) is 0 Å². The molecule has 5 nitrogen and oxygen atoms in total. The first-order valence-corrected chi connectivity index (χ1v) is 9.71. The molecule has 1 N–H and O–H groups in total. The van der Waals surface area contributed by atoms with Crippen LogP contribution in [0.2, 0.25) is 0 Å². The lowest BCUT2D eigenvalue weighted by Crippen LogP contribution is -2.42. The van der Waals surface area contributed by atoms with E-state index < -0.39 is 0 Å². The molecule has 0 aliphatic carbocycles. The molecule has 0 radical (unpaired) electrons. The molecule has 1 aromatic carbocycles. The minimum Gasteiger partial charge on any atom is -0.355 e. The molecule has 1 fully saturated rings. The maximum atomic E-state index is 12.6. The molecular formula is C22H27N3O2. The summed E-state index contributed by atoms with van der Waals surface area (Å²) in [5.74, 6) is 0.455. The van der Waals surface area contributed by atoms with Crippen molar-refractivity contribution in [1.29, 1.82) is 0 Å². The first-order valence-electron chi connectivity index (χ1n) is 9.71. The first-order chi connectivity index (χ1) is 13.2. The number of hydrogen-bond acceptors (Lipinski definition) is 3. The Kier molecular flexibility index (Phi) is 6.58. The van der Waals surface area contributed by atoms with Crippen LogP contribution in [-0.2, 0) is 4.79 Å². The lowest BCUT2D eigenvalue weighted by atomic mass is 9.93. The van der Waals surface area contributed by atoms with E-state index in [9.17, 15) is 9.59 Å². The summed E-state index contributed by atoms with van der Waals surface area (Å²) in [6.07, 6.45) is 5.89. The van der Waals surface area contributed by atoms with E-state index in [4.69, 9.17) is 0 Å². The Morgan fingerprint density at radius 3 is 2.52 bits per heavy atom. The second-order valence-electron chi connectivity index (χ2n) is 7.09. The fourth-order valence-electron chi connectivity index (χ4n) is 3.64. The van der Waals surface area contributed by atoms with Crippen molar-refractivity contribution in [2.45, 2.75) is 32.1 Å². The third-order valence-corrected chi connectivity index (χ3v) is 5.30. The molecule has 142 valence electrons. The predicted octanol–water partition coefficient (Wildman–Crippen LogP) is 3.24. The van der Waals surface area contributed by atoms with Crippen LogP contribution in [0.3, 0.4) is 0 Å². The van der Waals surface area contributed by atoms with Crippen molar-refractivity contribution < 1.29 is 9.59 Å². The molecule has 1 atom stereocenters. The number of nitrogens with one attached hydrogen (secondary N) is 1. The van der Waals surface area contributed by atoms with Gasteiger partial charge in [-0.15, -0.1) is 0 Å². The van der Waals surface area contributed by atoms with Crippen LogP contribution < -0.4 is 5.32 Å². The highest BCUT2D eigenvalue weighted by Gasteiger charge is 2.25. The number of carbonyl (C=O) groups excluding carboxylic acids is 2. The standard InChI is InChI=1S/C22H27N3O2/c1-2-20(18-7-4-3-5-8-18)21(26)24-15-17-10-13-25(14-11-17)22(27)19-9-6-12-23-16-19/h3-9,12,16-17,20H,2,10-11,13-15H2,1H3,(H,24,26). The van der Waals surface area contributed by atoms with Crippen LogP contribution >= 0.6 is 0 Å². The van der Waals surface area contributed by atoms with Crippen molar-refractivity contribution in [3.63, 3.8) is 0 Å². The van der Waals surface area contributed by atoms with Gasteiger partial charge < -0.3 is 10.2 Å². The Labute approximate surface area is 160 Å². The molecule has 0 saturated carbocycles. The highest BCUT2D eigenvalue weighted by atomic mass is 16.2. The molecule has 3 rings (SSSR count). The molecule has 1 aliphatic rings. The number of carbonyl (C=O) groups is 2. The Bertz CT molecular complexity index is 741. The second-order valence-corrected chi connectivity index (χ2v) is 7.09. The van der Waals surface area contributed by atoms with Crippen molar-refractivity contribution in [2.75, 3.05) is 19.6 Å². The van der Waals surface area contributed by atoms with Crippen molar-refractivity contribution in [1.82, 2.24) is 15.2 Å². The van der Waals surface area contributed by atoms with Crippen LogP contribution in [0.4, 0.5) is 0 Å². The van der Waals surface area contributed by atoms with Crippen LogP contribution in [-0.4, -0.2) is 41.3 Å². The van der Waals surface area contributed by atoms with Crippen molar-refractivity contribution in [2.24, 2.45) is 5.92 Å². The summed E-state index contributed by atoms with van der Waals surface area (Å²) >= 11 is 0. The van der Waals surface area contributed by atoms with Crippen LogP contribution in [0.15, 0.2) is 54.9 Å². The number of benzene rings is 1. The highest BCUT2D eigenvalue weighted by molar-refractivity contribution is 5.93. The van der Waals surface area contributed by atoms with Gasteiger partial charge in [0.25, 0.3) is 5.91 Å². The third kappa shape index (κ3) is 4.94. The third-order valence-electron chi connectivity index (χ3n) is 5.30. The molecule has 5 heteroatoms. The van der Waals surface area contributed by atoms with Gasteiger partial charge in [-0.3, -0.25) is 14.6 Å². The smallest absolute Gasteiger partial charge is 0.255 e. The summed E-state index contributed by atoms with van der Waals surface area (Å²) in [5.41, 5.74) is 1.70. The number of aromatic nitrogens is 1. The number of hydrogen-bond donors (Lipinski definition) is 1. The highest BCUT2D eigenvalue weighted by Crippen LogP contribution is 2.21. The van der Waals surface area contributed by atoms with Gasteiger partial charge in [0, 0.05) is 32.0 Å². The van der Waals surface area contributed by atoms with E-state index in [1.807, 2.05) is 42.2 Å². The Morgan fingerprint density at radius 2 is 1.89 bits per heavy atom. The van der Waals surface area contributed by atoms with Crippen molar-refractivity contribution >= 4 is 11.8 Å². The minimum atomic E-state index is -0.0987. The molecule has 1 aromatic heterocycles. The largest absolute Gasteiger partial charge is 0.355 e. The first kappa shape index (κ1) is 19.1. The van der Waals surface area contributed by atoms with E-state index in [-0.39, 0.29) is 17.7 Å². The lowest BCUT2D eigenvalue weighted by molar-refractivity contribution is -0.122. The van der Waals surface area contributed by atoms with Gasteiger partial charge in [0.05, 0.1) is 11.5 Å². The van der Waals surface area contributed by atoms with Gasteiger partial charge in [-0.25, -0.2) is 0 Å². The van der Waals surface area contributed by atoms with Gasteiger partial charge in [-0.2, -0.15) is 0 Å². The quantitative estimate of drug-likeness (QED) is 0.855. The number of rotatable bonds is 6. The van der Waals surface area contributed by atoms with Gasteiger partial charge >= 0.3 is 0 Å². The van der Waals surface area contributed by atoms with E-state index in [0.717, 1.165) is 37.9 Å². The SMILES string of the molecule is CCC(C(=O)NCC1CCN(C(=O)c2cccnc2)CC1)c1ccccc1. The zero-order valence-corrected chi connectivity index (χ0v) is 15.8. The average molecular weight is 365 g/mol. The van der Waals surface area contributed by atoms with Crippen LogP contribution in [0.25, 0.3) is 0 Å². The molecule has 1 unspecified atom stereocenters. The zero-order valence-electron chi connectivity index (χ0n) is 15.8. The summed E-state index contributed by atoms with van der Waals surface area (Å²) in [6.45, 7) is 4.17. The van der Waals surface area contributed by atoms with Crippen LogP contribution in [0, 0.1) is 5.92 Å². The number of amides is 2. The molecule has 0 spiro atoms. The second kappa shape index (κ2) is 9.31. The molecule has 27 heavy (non-hydrogen) atoms. The van der Waals surface area contributed by atoms with Crippen molar-refractivity contribution in [3.05, 3.63) is 66.0 Å². The van der Waals surface area contributed by atoms with Gasteiger partial charge in [0.2, 0.25) is 5.91 Å². The van der Waals surface area contributed by atoms with Crippen molar-refractivity contribution in [3.8, 4) is 0 Å². The fourth-order valence-corrected chi connectivity index (χ4v) is 3.64. The van der Waals surface area contributed by atoms with Gasteiger partial charge in [-0.1, -0.05) is 37.3 Å². The van der Waals surface area contributed by atoms with E-state index >= 15 is 0 Å². The Morgan fingerprint density at radius 1 is 1.15 bits per heavy atom. The lowest BCUT2D eigenvalue weighted by Gasteiger charge is -2.32. The number of nitrogens with zero attached hydrogens (tertiary/aromatic N) is 2. The summed E-state index contributed by atoms with van der Waals surface area (Å²) in [5, 5.41) is 3.13. The van der Waals surface area contributed by atoms with E-state index in [0.29, 0.717) is 18.0 Å². The minimum absolute atomic E-state index is 0.0423. The summed E-state index contributed by atoms with van der Waals surface area (Å²) in [6, 6.07) is 13.5. The normalized spacial score (nSPS) is 16.0. The summed E-state index contributed by atoms with van der Waals surface area (Å²) < 4.78 is 0. The predicted molar refractivity (Wildman–Crippen MR) is 105 cm³/mol. The number of piperidine rings is 1. The molecule has 0 bridgehead atoms. The molecular weight excluding hydrogens is 338 g/mol. The monoisotopic (exact) mass is 365 g/mol. The van der Waals surface area contributed by atoms with Crippen LogP contribution in [0.5, 0.6) is 0 Å². The van der Waals surface area contributed by atoms with Crippen LogP contribution in [0.1, 0.15) is 48.0 Å². The Hall–Kier alpha value is -2.69. The van der Waals surface area contributed by atoms with Gasteiger partial charge in [-0.05, 0) is 42.9 Å². The zero-order chi connectivity index (χ0) is 19.1. The number of pyridine rings is 1. The number of likely N-dealkylation sites (tertiary alicyclic amines) is 1. The maximum Gasteiger partial charge on any atom is 0.255 e. The molecule has 1 saturated heterocycles. The summed E-state index contributed by atoms with van der Waals surface area (Å²) in [4.78, 5) is 31.0. The van der Waals surface area contributed by atoms with E-state index in [1.54, 1.807) is 24.5 Å². The summed E-state index contributed by atoms with van der Waals surface area (Å²) in [7, 11) is 0. The van der Waals surface area contributed by atoms with E-state index in [2.05, 4.69) is 10.3 Å². The molecule has 2 heterocycles. The molecule has 1 aliphatic heterocycles. The average Bonchev–Trinajstić information content (AvgIpc) is 2.74. The fraction of sp³-hybridized carbons (Fsp3) is 0.409.